The molecule has 2 aromatic heterocycles. The standard InChI is InChI=1S/C20H19N5O4S/c1-12-22-8-14(11-24(12)27)13-5-6-15-16(7-13)25(19(26)20(15,2)3)17-9-21-10-18(23-17)30(4,28)29/h5-11H,1-4H3. The second kappa shape index (κ2) is 6.56. The van der Waals surface area contributed by atoms with E-state index in [1.807, 2.05) is 12.1 Å². The van der Waals surface area contributed by atoms with Gasteiger partial charge in [-0.1, -0.05) is 17.1 Å². The molecule has 0 N–H and O–H groups in total. The molecule has 1 aliphatic rings. The first-order chi connectivity index (χ1) is 14.0. The van der Waals surface area contributed by atoms with Crippen LogP contribution < -0.4 is 9.63 Å². The molecule has 1 aliphatic heterocycles. The predicted molar refractivity (Wildman–Crippen MR) is 109 cm³/mol. The number of hydrogen-bond acceptors (Lipinski definition) is 7. The SMILES string of the molecule is Cc1ncc(-c2ccc3c(c2)N(c2cncc(S(C)(=O)=O)n2)C(=O)C3(C)C)c[n+]1[O-]. The molecule has 0 saturated heterocycles. The number of rotatable bonds is 3. The van der Waals surface area contributed by atoms with Crippen LogP contribution in [-0.2, 0) is 20.0 Å². The molecule has 0 fully saturated rings. The fraction of sp³-hybridized carbons (Fsp3) is 0.250. The van der Waals surface area contributed by atoms with Gasteiger partial charge in [0.05, 0.1) is 29.1 Å². The first kappa shape index (κ1) is 19.9. The third kappa shape index (κ3) is 3.09. The number of aromatic nitrogens is 4. The largest absolute Gasteiger partial charge is 0.711 e. The van der Waals surface area contributed by atoms with E-state index in [1.54, 1.807) is 33.0 Å². The van der Waals surface area contributed by atoms with Crippen molar-refractivity contribution in [3.05, 3.63) is 59.6 Å². The molecule has 1 aromatic carbocycles. The summed E-state index contributed by atoms with van der Waals surface area (Å²) in [5, 5.41) is 11.7. The zero-order valence-electron chi connectivity index (χ0n) is 16.8. The average molecular weight is 425 g/mol. The van der Waals surface area contributed by atoms with Gasteiger partial charge in [-0.15, -0.1) is 0 Å². The van der Waals surface area contributed by atoms with E-state index in [4.69, 9.17) is 0 Å². The van der Waals surface area contributed by atoms with Crippen molar-refractivity contribution in [2.24, 2.45) is 0 Å². The smallest absolute Gasteiger partial charge is 0.298 e. The summed E-state index contributed by atoms with van der Waals surface area (Å²) in [6, 6.07) is 5.41. The van der Waals surface area contributed by atoms with E-state index in [1.165, 1.54) is 17.3 Å². The quantitative estimate of drug-likeness (QED) is 0.464. The molecule has 0 atom stereocenters. The lowest BCUT2D eigenvalue weighted by Gasteiger charge is -2.19. The Balaban J connectivity index is 1.90. The van der Waals surface area contributed by atoms with Gasteiger partial charge in [0.25, 0.3) is 5.82 Å². The molecular weight excluding hydrogens is 406 g/mol. The maximum Gasteiger partial charge on any atom is 0.298 e. The summed E-state index contributed by atoms with van der Waals surface area (Å²) < 4.78 is 24.5. The normalized spacial score (nSPS) is 15.3. The van der Waals surface area contributed by atoms with Crippen LogP contribution in [0.5, 0.6) is 0 Å². The van der Waals surface area contributed by atoms with E-state index in [9.17, 15) is 18.4 Å². The fourth-order valence-electron chi connectivity index (χ4n) is 3.40. The van der Waals surface area contributed by atoms with Gasteiger partial charge in [-0.3, -0.25) is 14.7 Å². The Morgan fingerprint density at radius 3 is 2.53 bits per heavy atom. The van der Waals surface area contributed by atoms with Crippen LogP contribution in [0.2, 0.25) is 0 Å². The molecule has 0 aliphatic carbocycles. The van der Waals surface area contributed by atoms with Gasteiger partial charge in [0.2, 0.25) is 5.91 Å². The molecule has 0 bridgehead atoms. The number of fused-ring (bicyclic) bond motifs is 1. The monoisotopic (exact) mass is 425 g/mol. The van der Waals surface area contributed by atoms with Crippen LogP contribution in [0.4, 0.5) is 11.5 Å². The second-order valence-electron chi connectivity index (χ2n) is 7.70. The number of nitrogens with zero attached hydrogens (tertiary/aromatic N) is 5. The molecule has 154 valence electrons. The molecule has 9 nitrogen and oxygen atoms in total. The van der Waals surface area contributed by atoms with Crippen molar-refractivity contribution in [1.82, 2.24) is 15.0 Å². The van der Waals surface area contributed by atoms with Gasteiger partial charge in [0.15, 0.2) is 26.9 Å². The molecule has 4 rings (SSSR count). The fourth-order valence-corrected chi connectivity index (χ4v) is 3.91. The highest BCUT2D eigenvalue weighted by atomic mass is 32.2. The molecule has 0 radical (unpaired) electrons. The highest BCUT2D eigenvalue weighted by Crippen LogP contribution is 2.46. The van der Waals surface area contributed by atoms with Crippen LogP contribution >= 0.6 is 0 Å². The second-order valence-corrected chi connectivity index (χ2v) is 9.66. The number of carbonyl (C=O) groups excluding carboxylic acids is 1. The van der Waals surface area contributed by atoms with E-state index in [0.29, 0.717) is 27.4 Å². The number of anilines is 2. The summed E-state index contributed by atoms with van der Waals surface area (Å²) in [6.45, 7) is 5.19. The van der Waals surface area contributed by atoms with E-state index < -0.39 is 15.3 Å². The van der Waals surface area contributed by atoms with Crippen molar-refractivity contribution >= 4 is 27.2 Å². The lowest BCUT2D eigenvalue weighted by atomic mass is 9.85. The van der Waals surface area contributed by atoms with Gasteiger partial charge in [0.1, 0.15) is 6.20 Å². The van der Waals surface area contributed by atoms with E-state index >= 15 is 0 Å². The van der Waals surface area contributed by atoms with Crippen molar-refractivity contribution in [3.8, 4) is 11.1 Å². The first-order valence-corrected chi connectivity index (χ1v) is 11.0. The molecule has 1 amide bonds. The summed E-state index contributed by atoms with van der Waals surface area (Å²) in [4.78, 5) is 26.8. The minimum Gasteiger partial charge on any atom is -0.711 e. The zero-order valence-corrected chi connectivity index (χ0v) is 17.6. The van der Waals surface area contributed by atoms with Gasteiger partial charge in [-0.2, -0.15) is 0 Å². The maximum absolute atomic E-state index is 13.2. The molecule has 3 heterocycles. The Kier molecular flexibility index (Phi) is 4.35. The summed E-state index contributed by atoms with van der Waals surface area (Å²) in [5.41, 5.74) is 1.75. The van der Waals surface area contributed by atoms with Gasteiger partial charge < -0.3 is 5.21 Å². The van der Waals surface area contributed by atoms with Crippen molar-refractivity contribution in [2.75, 3.05) is 11.2 Å². The Morgan fingerprint density at radius 2 is 1.87 bits per heavy atom. The van der Waals surface area contributed by atoms with Crippen molar-refractivity contribution in [2.45, 2.75) is 31.2 Å². The van der Waals surface area contributed by atoms with Crippen LogP contribution in [0, 0.1) is 12.1 Å². The van der Waals surface area contributed by atoms with Crippen LogP contribution in [0.25, 0.3) is 11.1 Å². The molecule has 0 unspecified atom stereocenters. The van der Waals surface area contributed by atoms with Crippen LogP contribution in [-0.4, -0.2) is 35.5 Å². The minimum atomic E-state index is -3.60. The topological polar surface area (TPSA) is 120 Å². The Morgan fingerprint density at radius 1 is 1.13 bits per heavy atom. The number of aryl methyl sites for hydroxylation is 1. The summed E-state index contributed by atoms with van der Waals surface area (Å²) in [7, 11) is -3.60. The highest BCUT2D eigenvalue weighted by Gasteiger charge is 2.45. The Hall–Kier alpha value is -3.40. The van der Waals surface area contributed by atoms with Crippen molar-refractivity contribution < 1.29 is 17.9 Å². The number of amides is 1. The van der Waals surface area contributed by atoms with Gasteiger partial charge in [-0.05, 0) is 31.0 Å². The highest BCUT2D eigenvalue weighted by molar-refractivity contribution is 7.90. The number of hydrogen-bond donors (Lipinski definition) is 0. The zero-order chi connectivity index (χ0) is 21.8. The van der Waals surface area contributed by atoms with Crippen LogP contribution in [0.3, 0.4) is 0 Å². The Labute approximate surface area is 173 Å². The maximum atomic E-state index is 13.2. The predicted octanol–water partition coefficient (Wildman–Crippen LogP) is 1.84. The van der Waals surface area contributed by atoms with Crippen molar-refractivity contribution in [1.29, 1.82) is 0 Å². The van der Waals surface area contributed by atoms with Crippen molar-refractivity contribution in [3.63, 3.8) is 0 Å². The van der Waals surface area contributed by atoms with Gasteiger partial charge in [0, 0.05) is 13.2 Å². The van der Waals surface area contributed by atoms with Crippen LogP contribution in [0.15, 0.2) is 48.0 Å². The van der Waals surface area contributed by atoms with E-state index in [-0.39, 0.29) is 16.8 Å². The van der Waals surface area contributed by atoms with Gasteiger partial charge >= 0.3 is 0 Å². The number of benzene rings is 1. The number of sulfone groups is 1. The molecule has 3 aromatic rings. The average Bonchev–Trinajstić information content (AvgIpc) is 2.89. The molecular formula is C20H19N5O4S. The third-order valence-corrected chi connectivity index (χ3v) is 6.11. The van der Waals surface area contributed by atoms with E-state index in [2.05, 4.69) is 15.0 Å². The molecule has 30 heavy (non-hydrogen) atoms. The molecule has 10 heteroatoms. The van der Waals surface area contributed by atoms with Crippen LogP contribution in [0.1, 0.15) is 25.2 Å². The third-order valence-electron chi connectivity index (χ3n) is 5.16. The summed E-state index contributed by atoms with van der Waals surface area (Å²) in [5.74, 6) is 0.189. The lowest BCUT2D eigenvalue weighted by molar-refractivity contribution is -0.615. The summed E-state index contributed by atoms with van der Waals surface area (Å²) >= 11 is 0. The molecule has 0 saturated carbocycles. The van der Waals surface area contributed by atoms with Gasteiger partial charge in [-0.25, -0.2) is 18.1 Å². The molecule has 0 spiro atoms. The lowest BCUT2D eigenvalue weighted by Crippen LogP contribution is -2.33. The first-order valence-electron chi connectivity index (χ1n) is 9.07. The van der Waals surface area contributed by atoms with E-state index in [0.717, 1.165) is 18.0 Å². The minimum absolute atomic E-state index is 0.118. The number of carbonyl (C=O) groups is 1. The summed E-state index contributed by atoms with van der Waals surface area (Å²) in [6.07, 6.45) is 6.53. The Bertz CT molecular complexity index is 1300.